The van der Waals surface area contributed by atoms with Gasteiger partial charge < -0.3 is 10.2 Å². The number of carbonyl (C=O) groups excluding carboxylic acids is 1. The highest BCUT2D eigenvalue weighted by Gasteiger charge is 2.26. The van der Waals surface area contributed by atoms with Crippen LogP contribution in [0, 0.1) is 6.07 Å². The minimum Gasteiger partial charge on any atom is -0.313 e. The lowest BCUT2D eigenvalue weighted by Gasteiger charge is -2.19. The Morgan fingerprint density at radius 1 is 1.59 bits per heavy atom. The number of fused-ring (bicyclic) bond motifs is 1. The van der Waals surface area contributed by atoms with Gasteiger partial charge in [0, 0.05) is 24.7 Å². The Morgan fingerprint density at radius 3 is 3.35 bits per heavy atom. The molecule has 17 heavy (non-hydrogen) atoms. The molecule has 0 aromatic heterocycles. The van der Waals surface area contributed by atoms with Crippen LogP contribution < -0.4 is 10.2 Å². The Kier molecular flexibility index (Phi) is 2.85. The van der Waals surface area contributed by atoms with E-state index in [0.29, 0.717) is 12.5 Å². The van der Waals surface area contributed by atoms with Gasteiger partial charge in [-0.15, -0.1) is 0 Å². The van der Waals surface area contributed by atoms with Gasteiger partial charge in [0.2, 0.25) is 5.91 Å². The van der Waals surface area contributed by atoms with E-state index in [0.717, 1.165) is 31.6 Å². The molecule has 1 aromatic rings. The molecule has 0 spiro atoms. The Hall–Kier alpha value is -1.35. The van der Waals surface area contributed by atoms with Gasteiger partial charge >= 0.3 is 0 Å². The van der Waals surface area contributed by atoms with Gasteiger partial charge in [-0.25, -0.2) is 0 Å². The van der Waals surface area contributed by atoms with Crippen molar-refractivity contribution in [2.24, 2.45) is 0 Å². The first kappa shape index (κ1) is 10.8. The van der Waals surface area contributed by atoms with Crippen molar-refractivity contribution in [1.82, 2.24) is 5.32 Å². The van der Waals surface area contributed by atoms with Crippen molar-refractivity contribution >= 4 is 11.6 Å². The van der Waals surface area contributed by atoms with Crippen molar-refractivity contribution < 1.29 is 4.79 Å². The van der Waals surface area contributed by atoms with E-state index in [-0.39, 0.29) is 5.91 Å². The molecule has 1 aromatic carbocycles. The summed E-state index contributed by atoms with van der Waals surface area (Å²) in [6, 6.07) is 9.37. The van der Waals surface area contributed by atoms with Gasteiger partial charge in [-0.1, -0.05) is 12.1 Å². The van der Waals surface area contributed by atoms with Crippen LogP contribution >= 0.6 is 0 Å². The van der Waals surface area contributed by atoms with Crippen LogP contribution in [0.1, 0.15) is 24.8 Å². The molecule has 89 valence electrons. The molecule has 3 heteroatoms. The van der Waals surface area contributed by atoms with Gasteiger partial charge in [0.05, 0.1) is 0 Å². The zero-order valence-electron chi connectivity index (χ0n) is 9.91. The minimum atomic E-state index is 0.253. The van der Waals surface area contributed by atoms with Gasteiger partial charge in [0.1, 0.15) is 0 Å². The third-order valence-electron chi connectivity index (χ3n) is 3.71. The Bertz CT molecular complexity index is 424. The first-order chi connectivity index (χ1) is 8.34. The van der Waals surface area contributed by atoms with Crippen molar-refractivity contribution in [1.29, 1.82) is 0 Å². The second-order valence-corrected chi connectivity index (χ2v) is 4.85. The van der Waals surface area contributed by atoms with Gasteiger partial charge in [0.25, 0.3) is 0 Å². The SMILES string of the molecule is O=C(CC1CCCN1)N1CCc2cc[c]cc21. The summed E-state index contributed by atoms with van der Waals surface area (Å²) in [4.78, 5) is 14.2. The maximum atomic E-state index is 12.2. The zero-order chi connectivity index (χ0) is 11.7. The second kappa shape index (κ2) is 4.49. The normalized spacial score (nSPS) is 22.8. The molecular formula is C14H17N2O. The molecule has 2 aliphatic rings. The molecule has 0 saturated carbocycles. The van der Waals surface area contributed by atoms with Crippen LogP contribution in [0.5, 0.6) is 0 Å². The van der Waals surface area contributed by atoms with E-state index in [1.165, 1.54) is 12.0 Å². The molecule has 2 heterocycles. The monoisotopic (exact) mass is 229 g/mol. The summed E-state index contributed by atoms with van der Waals surface area (Å²) < 4.78 is 0. The first-order valence-corrected chi connectivity index (χ1v) is 6.37. The van der Waals surface area contributed by atoms with Crippen LogP contribution in [0.3, 0.4) is 0 Å². The molecule has 3 nitrogen and oxygen atoms in total. The Labute approximate surface area is 102 Å². The van der Waals surface area contributed by atoms with E-state index >= 15 is 0 Å². The number of hydrogen-bond acceptors (Lipinski definition) is 2. The molecule has 1 saturated heterocycles. The van der Waals surface area contributed by atoms with E-state index in [9.17, 15) is 4.79 Å². The van der Waals surface area contributed by atoms with Crippen LogP contribution in [-0.2, 0) is 11.2 Å². The zero-order valence-corrected chi connectivity index (χ0v) is 9.91. The van der Waals surface area contributed by atoms with Gasteiger partial charge in [-0.3, -0.25) is 4.79 Å². The van der Waals surface area contributed by atoms with E-state index in [4.69, 9.17) is 0 Å². The molecule has 1 atom stereocenters. The Balaban J connectivity index is 1.71. The third kappa shape index (κ3) is 2.07. The highest BCUT2D eigenvalue weighted by molar-refractivity contribution is 5.95. The van der Waals surface area contributed by atoms with Crippen molar-refractivity contribution in [3.63, 3.8) is 0 Å². The number of anilines is 1. The van der Waals surface area contributed by atoms with E-state index in [1.807, 2.05) is 17.0 Å². The van der Waals surface area contributed by atoms with Crippen molar-refractivity contribution in [2.75, 3.05) is 18.0 Å². The topological polar surface area (TPSA) is 32.3 Å². The van der Waals surface area contributed by atoms with Gasteiger partial charge in [-0.2, -0.15) is 0 Å². The lowest BCUT2D eigenvalue weighted by molar-refractivity contribution is -0.118. The van der Waals surface area contributed by atoms with Gasteiger partial charge in [0.15, 0.2) is 0 Å². The molecule has 1 fully saturated rings. The fraction of sp³-hybridized carbons (Fsp3) is 0.500. The van der Waals surface area contributed by atoms with Crippen LogP contribution in [-0.4, -0.2) is 25.0 Å². The molecular weight excluding hydrogens is 212 g/mol. The molecule has 1 amide bonds. The van der Waals surface area contributed by atoms with Crippen molar-refractivity contribution in [3.05, 3.63) is 29.8 Å². The molecule has 2 aliphatic heterocycles. The quantitative estimate of drug-likeness (QED) is 0.834. The van der Waals surface area contributed by atoms with Crippen LogP contribution in [0.15, 0.2) is 18.2 Å². The number of hydrogen-bond donors (Lipinski definition) is 1. The number of benzene rings is 1. The Morgan fingerprint density at radius 2 is 2.53 bits per heavy atom. The maximum Gasteiger partial charge on any atom is 0.228 e. The number of nitrogens with zero attached hydrogens (tertiary/aromatic N) is 1. The number of rotatable bonds is 2. The summed E-state index contributed by atoms with van der Waals surface area (Å²) in [6.07, 6.45) is 3.94. The standard InChI is InChI=1S/C14H17N2O/c17-14(10-12-5-3-8-15-12)16-9-7-11-4-1-2-6-13(11)16/h1,4,6,12,15H,3,5,7-10H2. The van der Waals surface area contributed by atoms with E-state index < -0.39 is 0 Å². The predicted octanol–water partition coefficient (Wildman–Crippen LogP) is 1.52. The molecule has 1 N–H and O–H groups in total. The second-order valence-electron chi connectivity index (χ2n) is 4.85. The van der Waals surface area contributed by atoms with Crippen molar-refractivity contribution in [2.45, 2.75) is 31.7 Å². The lowest BCUT2D eigenvalue weighted by atomic mass is 10.1. The highest BCUT2D eigenvalue weighted by Crippen LogP contribution is 2.28. The summed E-state index contributed by atoms with van der Waals surface area (Å²) in [6.45, 7) is 1.89. The minimum absolute atomic E-state index is 0.253. The fourth-order valence-electron chi connectivity index (χ4n) is 2.78. The van der Waals surface area contributed by atoms with E-state index in [1.54, 1.807) is 0 Å². The molecule has 0 bridgehead atoms. The molecule has 3 rings (SSSR count). The summed E-state index contributed by atoms with van der Waals surface area (Å²) >= 11 is 0. The summed E-state index contributed by atoms with van der Waals surface area (Å²) in [5, 5.41) is 3.38. The summed E-state index contributed by atoms with van der Waals surface area (Å²) in [5.41, 5.74) is 2.34. The van der Waals surface area contributed by atoms with Gasteiger partial charge in [-0.05, 0) is 43.5 Å². The van der Waals surface area contributed by atoms with Crippen LogP contribution in [0.2, 0.25) is 0 Å². The first-order valence-electron chi connectivity index (χ1n) is 6.37. The summed E-state index contributed by atoms with van der Waals surface area (Å²) in [5.74, 6) is 0.253. The average Bonchev–Trinajstić information content (AvgIpc) is 2.96. The molecule has 1 radical (unpaired) electrons. The maximum absolute atomic E-state index is 12.2. The summed E-state index contributed by atoms with van der Waals surface area (Å²) in [7, 11) is 0. The largest absolute Gasteiger partial charge is 0.313 e. The van der Waals surface area contributed by atoms with E-state index in [2.05, 4.69) is 17.4 Å². The highest BCUT2D eigenvalue weighted by atomic mass is 16.2. The fourth-order valence-corrected chi connectivity index (χ4v) is 2.78. The third-order valence-corrected chi connectivity index (χ3v) is 3.71. The predicted molar refractivity (Wildman–Crippen MR) is 67.0 cm³/mol. The van der Waals surface area contributed by atoms with Crippen LogP contribution in [0.4, 0.5) is 5.69 Å². The lowest BCUT2D eigenvalue weighted by Crippen LogP contribution is -2.34. The molecule has 0 aliphatic carbocycles. The molecule has 1 unspecified atom stereocenters. The number of nitrogens with one attached hydrogen (secondary N) is 1. The number of amides is 1. The average molecular weight is 229 g/mol. The smallest absolute Gasteiger partial charge is 0.228 e. The van der Waals surface area contributed by atoms with Crippen molar-refractivity contribution in [3.8, 4) is 0 Å². The number of carbonyl (C=O) groups is 1. The van der Waals surface area contributed by atoms with Crippen LogP contribution in [0.25, 0.3) is 0 Å².